The number of guanidine groups is 1. The molecule has 1 aliphatic carbocycles. The van der Waals surface area contributed by atoms with Crippen molar-refractivity contribution in [3.05, 3.63) is 34.9 Å². The Bertz CT molecular complexity index is 519. The first kappa shape index (κ1) is 13.3. The number of alkyl halides is 1. The molecule has 1 aliphatic rings. The SMILES string of the molecule is Cc1ccc2c(c1)C(NC(=NCCF)NC#N)CC2. The summed E-state index contributed by atoms with van der Waals surface area (Å²) in [5.74, 6) is 0.347. The smallest absolute Gasteiger partial charge is 0.205 e. The predicted octanol–water partition coefficient (Wildman–Crippen LogP) is 1.97. The van der Waals surface area contributed by atoms with E-state index in [9.17, 15) is 4.39 Å². The molecule has 0 aliphatic heterocycles. The Hall–Kier alpha value is -2.09. The van der Waals surface area contributed by atoms with Crippen LogP contribution < -0.4 is 10.6 Å². The Labute approximate surface area is 112 Å². The molecule has 0 bridgehead atoms. The molecule has 4 nitrogen and oxygen atoms in total. The van der Waals surface area contributed by atoms with Gasteiger partial charge >= 0.3 is 0 Å². The lowest BCUT2D eigenvalue weighted by molar-refractivity contribution is 0.503. The van der Waals surface area contributed by atoms with Crippen molar-refractivity contribution in [2.24, 2.45) is 4.99 Å². The van der Waals surface area contributed by atoms with Crippen LogP contribution in [0, 0.1) is 18.4 Å². The van der Waals surface area contributed by atoms with Crippen LogP contribution in [-0.2, 0) is 6.42 Å². The summed E-state index contributed by atoms with van der Waals surface area (Å²) in [4.78, 5) is 3.99. The van der Waals surface area contributed by atoms with E-state index in [1.807, 2.05) is 6.19 Å². The monoisotopic (exact) mass is 260 g/mol. The molecule has 0 fully saturated rings. The molecular weight excluding hydrogens is 243 g/mol. The molecule has 0 amide bonds. The maximum atomic E-state index is 12.2. The highest BCUT2D eigenvalue weighted by Crippen LogP contribution is 2.31. The molecule has 100 valence electrons. The summed E-state index contributed by atoms with van der Waals surface area (Å²) in [6.07, 6.45) is 3.79. The summed E-state index contributed by atoms with van der Waals surface area (Å²) in [5, 5.41) is 14.3. The molecule has 19 heavy (non-hydrogen) atoms. The van der Waals surface area contributed by atoms with Crippen LogP contribution in [0.3, 0.4) is 0 Å². The van der Waals surface area contributed by atoms with E-state index in [0.717, 1.165) is 12.8 Å². The number of aliphatic imine (C=N–C) groups is 1. The first-order valence-electron chi connectivity index (χ1n) is 6.36. The Morgan fingerprint density at radius 3 is 3.16 bits per heavy atom. The number of benzene rings is 1. The van der Waals surface area contributed by atoms with Gasteiger partial charge in [0.25, 0.3) is 0 Å². The third-order valence-corrected chi connectivity index (χ3v) is 3.22. The van der Waals surface area contributed by atoms with Crippen molar-refractivity contribution in [3.8, 4) is 6.19 Å². The van der Waals surface area contributed by atoms with Gasteiger partial charge in [-0.3, -0.25) is 5.32 Å². The van der Waals surface area contributed by atoms with Gasteiger partial charge in [0, 0.05) is 0 Å². The minimum atomic E-state index is -0.529. The van der Waals surface area contributed by atoms with E-state index >= 15 is 0 Å². The maximum Gasteiger partial charge on any atom is 0.205 e. The van der Waals surface area contributed by atoms with Crippen LogP contribution in [0.4, 0.5) is 4.39 Å². The van der Waals surface area contributed by atoms with E-state index in [4.69, 9.17) is 5.26 Å². The van der Waals surface area contributed by atoms with E-state index in [0.29, 0.717) is 5.96 Å². The highest BCUT2D eigenvalue weighted by atomic mass is 19.1. The lowest BCUT2D eigenvalue weighted by Gasteiger charge is -2.16. The van der Waals surface area contributed by atoms with Gasteiger partial charge in [-0.25, -0.2) is 9.38 Å². The number of halogens is 1. The fourth-order valence-electron chi connectivity index (χ4n) is 2.36. The maximum absolute atomic E-state index is 12.2. The molecular formula is C14H17FN4. The second-order valence-electron chi connectivity index (χ2n) is 4.59. The zero-order valence-corrected chi connectivity index (χ0v) is 10.9. The minimum Gasteiger partial charge on any atom is -0.349 e. The quantitative estimate of drug-likeness (QED) is 0.378. The van der Waals surface area contributed by atoms with Gasteiger partial charge in [-0.2, -0.15) is 5.26 Å². The zero-order chi connectivity index (χ0) is 13.7. The second kappa shape index (κ2) is 6.19. The van der Waals surface area contributed by atoms with Crippen LogP contribution in [0.2, 0.25) is 0 Å². The Morgan fingerprint density at radius 1 is 1.58 bits per heavy atom. The van der Waals surface area contributed by atoms with E-state index in [1.54, 1.807) is 0 Å². The molecule has 0 spiro atoms. The molecule has 5 heteroatoms. The summed E-state index contributed by atoms with van der Waals surface area (Å²) in [7, 11) is 0. The summed E-state index contributed by atoms with van der Waals surface area (Å²) in [6.45, 7) is 1.59. The Balaban J connectivity index is 2.12. The highest BCUT2D eigenvalue weighted by molar-refractivity contribution is 5.81. The molecule has 0 heterocycles. The fourth-order valence-corrected chi connectivity index (χ4v) is 2.36. The van der Waals surface area contributed by atoms with Crippen LogP contribution in [0.1, 0.15) is 29.2 Å². The molecule has 1 atom stereocenters. The molecule has 1 unspecified atom stereocenters. The average molecular weight is 260 g/mol. The van der Waals surface area contributed by atoms with Gasteiger partial charge in [0.2, 0.25) is 5.96 Å². The topological polar surface area (TPSA) is 60.2 Å². The molecule has 0 saturated carbocycles. The van der Waals surface area contributed by atoms with Crippen LogP contribution in [-0.4, -0.2) is 19.2 Å². The predicted molar refractivity (Wildman–Crippen MR) is 72.4 cm³/mol. The number of nitrogens with one attached hydrogen (secondary N) is 2. The molecule has 0 aromatic heterocycles. The molecule has 1 aromatic rings. The van der Waals surface area contributed by atoms with Crippen LogP contribution in [0.5, 0.6) is 0 Å². The number of rotatable bonds is 3. The standard InChI is InChI=1S/C14H17FN4/c1-10-2-3-11-4-5-13(12(11)8-10)19-14(18-9-16)17-7-6-15/h2-3,8,13H,4-7H2,1H3,(H2,17,18,19). The highest BCUT2D eigenvalue weighted by Gasteiger charge is 2.23. The van der Waals surface area contributed by atoms with E-state index in [2.05, 4.69) is 40.7 Å². The van der Waals surface area contributed by atoms with Gasteiger partial charge in [-0.15, -0.1) is 0 Å². The van der Waals surface area contributed by atoms with Crippen molar-refractivity contribution in [2.45, 2.75) is 25.8 Å². The van der Waals surface area contributed by atoms with Crippen molar-refractivity contribution in [2.75, 3.05) is 13.2 Å². The lowest BCUT2D eigenvalue weighted by Crippen LogP contribution is -2.36. The van der Waals surface area contributed by atoms with E-state index in [-0.39, 0.29) is 12.6 Å². The zero-order valence-electron chi connectivity index (χ0n) is 10.9. The third-order valence-electron chi connectivity index (χ3n) is 3.22. The van der Waals surface area contributed by atoms with Crippen LogP contribution in [0.25, 0.3) is 0 Å². The van der Waals surface area contributed by atoms with Crippen molar-refractivity contribution < 1.29 is 4.39 Å². The van der Waals surface area contributed by atoms with Crippen molar-refractivity contribution in [3.63, 3.8) is 0 Å². The van der Waals surface area contributed by atoms with Crippen molar-refractivity contribution in [1.82, 2.24) is 10.6 Å². The van der Waals surface area contributed by atoms with Crippen molar-refractivity contribution in [1.29, 1.82) is 5.26 Å². The summed E-state index contributed by atoms with van der Waals surface area (Å²) in [6, 6.07) is 6.53. The number of hydrogen-bond acceptors (Lipinski definition) is 2. The molecule has 0 radical (unpaired) electrons. The van der Waals surface area contributed by atoms with Crippen molar-refractivity contribution >= 4 is 5.96 Å². The number of fused-ring (bicyclic) bond motifs is 1. The molecule has 0 saturated heterocycles. The van der Waals surface area contributed by atoms with Gasteiger partial charge in [-0.05, 0) is 30.9 Å². The van der Waals surface area contributed by atoms with Gasteiger partial charge in [0.15, 0.2) is 6.19 Å². The van der Waals surface area contributed by atoms with E-state index in [1.165, 1.54) is 16.7 Å². The van der Waals surface area contributed by atoms with Gasteiger partial charge < -0.3 is 5.32 Å². The average Bonchev–Trinajstić information content (AvgIpc) is 2.79. The van der Waals surface area contributed by atoms with Gasteiger partial charge in [0.1, 0.15) is 6.67 Å². The lowest BCUT2D eigenvalue weighted by atomic mass is 10.1. The van der Waals surface area contributed by atoms with Crippen LogP contribution in [0.15, 0.2) is 23.2 Å². The molecule has 1 aromatic carbocycles. The Kier molecular flexibility index (Phi) is 4.35. The minimum absolute atomic E-state index is 0.0599. The summed E-state index contributed by atoms with van der Waals surface area (Å²) < 4.78 is 12.2. The fraction of sp³-hybridized carbons (Fsp3) is 0.429. The first-order chi connectivity index (χ1) is 9.24. The Morgan fingerprint density at radius 2 is 2.42 bits per heavy atom. The molecule has 2 rings (SSSR count). The number of nitriles is 1. The van der Waals surface area contributed by atoms with Gasteiger partial charge in [-0.1, -0.05) is 23.8 Å². The normalized spacial score (nSPS) is 17.7. The summed E-state index contributed by atoms with van der Waals surface area (Å²) >= 11 is 0. The number of aryl methyl sites for hydroxylation is 2. The summed E-state index contributed by atoms with van der Waals surface area (Å²) in [5.41, 5.74) is 3.78. The second-order valence-corrected chi connectivity index (χ2v) is 4.59. The largest absolute Gasteiger partial charge is 0.349 e. The van der Waals surface area contributed by atoms with Crippen LogP contribution >= 0.6 is 0 Å². The van der Waals surface area contributed by atoms with E-state index < -0.39 is 6.67 Å². The molecule has 2 N–H and O–H groups in total. The van der Waals surface area contributed by atoms with Gasteiger partial charge in [0.05, 0.1) is 12.6 Å². The number of nitrogens with zero attached hydrogens (tertiary/aromatic N) is 2. The number of hydrogen-bond donors (Lipinski definition) is 2. The third kappa shape index (κ3) is 3.22. The first-order valence-corrected chi connectivity index (χ1v) is 6.36.